The molecule has 0 aliphatic carbocycles. The summed E-state index contributed by atoms with van der Waals surface area (Å²) in [6.45, 7) is 3.73. The van der Waals surface area contributed by atoms with Gasteiger partial charge in [-0.2, -0.15) is 0 Å². The average molecular weight is 443 g/mol. The van der Waals surface area contributed by atoms with E-state index in [1.54, 1.807) is 26.0 Å². The summed E-state index contributed by atoms with van der Waals surface area (Å²) < 4.78 is 30.9. The first kappa shape index (κ1) is 23.0. The predicted octanol–water partition coefficient (Wildman–Crippen LogP) is 3.42. The average Bonchev–Trinajstić information content (AvgIpc) is 3.04. The number of aromatic nitrogens is 1. The molecule has 0 bridgehead atoms. The third-order valence-corrected chi connectivity index (χ3v) is 7.03. The lowest BCUT2D eigenvalue weighted by atomic mass is 10.1. The molecule has 1 amide bonds. The molecule has 166 valence electrons. The predicted molar refractivity (Wildman–Crippen MR) is 125 cm³/mol. The first-order valence-electron chi connectivity index (χ1n) is 10.2. The standard InChI is InChI=1S/C23H30N4O3S/c1-6-23(28)25-17-11-12-22(16(2)13-17)31(29,30)24-14-21(26(3)4)19-15-27(5)20-10-8-7-9-18(19)20/h7-13,15,21,24H,6,14H2,1-5H3,(H,25,28). The molecule has 0 aliphatic rings. The van der Waals surface area contributed by atoms with E-state index >= 15 is 0 Å². The number of anilines is 1. The Kier molecular flexibility index (Phi) is 6.83. The Hall–Kier alpha value is -2.68. The molecule has 31 heavy (non-hydrogen) atoms. The molecule has 1 aromatic heterocycles. The molecule has 3 aromatic rings. The fourth-order valence-corrected chi connectivity index (χ4v) is 5.02. The number of para-hydroxylation sites is 1. The van der Waals surface area contributed by atoms with Gasteiger partial charge in [0, 0.05) is 48.8 Å². The van der Waals surface area contributed by atoms with E-state index in [1.165, 1.54) is 6.07 Å². The van der Waals surface area contributed by atoms with Crippen LogP contribution in [0, 0.1) is 6.92 Å². The topological polar surface area (TPSA) is 83.4 Å². The molecule has 1 heterocycles. The number of carbonyl (C=O) groups is 1. The molecule has 0 saturated heterocycles. The van der Waals surface area contributed by atoms with Gasteiger partial charge in [-0.1, -0.05) is 25.1 Å². The first-order chi connectivity index (χ1) is 14.6. The maximum Gasteiger partial charge on any atom is 0.240 e. The third kappa shape index (κ3) is 4.98. The number of rotatable bonds is 8. The summed E-state index contributed by atoms with van der Waals surface area (Å²) in [7, 11) is 2.15. The minimum atomic E-state index is -3.72. The van der Waals surface area contributed by atoms with Gasteiger partial charge in [-0.3, -0.25) is 4.79 Å². The number of amides is 1. The van der Waals surface area contributed by atoms with Crippen LogP contribution >= 0.6 is 0 Å². The zero-order valence-electron chi connectivity index (χ0n) is 18.6. The molecule has 1 atom stereocenters. The third-order valence-electron chi connectivity index (χ3n) is 5.45. The van der Waals surface area contributed by atoms with Gasteiger partial charge in [0.15, 0.2) is 0 Å². The van der Waals surface area contributed by atoms with Crippen LogP contribution in [-0.4, -0.2) is 44.4 Å². The molecule has 0 fully saturated rings. The number of benzene rings is 2. The van der Waals surface area contributed by atoms with E-state index < -0.39 is 10.0 Å². The van der Waals surface area contributed by atoms with Crippen LogP contribution in [0.25, 0.3) is 10.9 Å². The maximum absolute atomic E-state index is 13.0. The summed E-state index contributed by atoms with van der Waals surface area (Å²) in [6.07, 6.45) is 2.42. The molecule has 2 aromatic carbocycles. The fraction of sp³-hybridized carbons (Fsp3) is 0.348. The van der Waals surface area contributed by atoms with E-state index in [4.69, 9.17) is 0 Å². The Morgan fingerprint density at radius 1 is 1.16 bits per heavy atom. The van der Waals surface area contributed by atoms with Crippen LogP contribution in [0.4, 0.5) is 5.69 Å². The van der Waals surface area contributed by atoms with E-state index in [0.717, 1.165) is 16.5 Å². The van der Waals surface area contributed by atoms with Crippen molar-refractivity contribution in [3.63, 3.8) is 0 Å². The number of likely N-dealkylation sites (N-methyl/N-ethyl adjacent to an activating group) is 1. The van der Waals surface area contributed by atoms with Gasteiger partial charge in [0.25, 0.3) is 0 Å². The summed E-state index contributed by atoms with van der Waals surface area (Å²) in [5.41, 5.74) is 3.34. The highest BCUT2D eigenvalue weighted by Gasteiger charge is 2.23. The minimum absolute atomic E-state index is 0.114. The highest BCUT2D eigenvalue weighted by molar-refractivity contribution is 7.89. The number of aryl methyl sites for hydroxylation is 2. The first-order valence-corrected chi connectivity index (χ1v) is 11.7. The second-order valence-corrected chi connectivity index (χ2v) is 9.66. The quantitative estimate of drug-likeness (QED) is 0.560. The summed E-state index contributed by atoms with van der Waals surface area (Å²) in [5.74, 6) is -0.114. The van der Waals surface area contributed by atoms with Gasteiger partial charge in [0.1, 0.15) is 0 Å². The molecule has 8 heteroatoms. The van der Waals surface area contributed by atoms with E-state index in [9.17, 15) is 13.2 Å². The number of sulfonamides is 1. The smallest absolute Gasteiger partial charge is 0.240 e. The molecule has 2 N–H and O–H groups in total. The van der Waals surface area contributed by atoms with Gasteiger partial charge >= 0.3 is 0 Å². The lowest BCUT2D eigenvalue weighted by molar-refractivity contribution is -0.115. The van der Waals surface area contributed by atoms with E-state index in [1.807, 2.05) is 38.2 Å². The van der Waals surface area contributed by atoms with Crippen LogP contribution in [0.1, 0.15) is 30.5 Å². The van der Waals surface area contributed by atoms with Crippen LogP contribution in [-0.2, 0) is 21.9 Å². The summed E-state index contributed by atoms with van der Waals surface area (Å²) in [5, 5.41) is 3.86. The molecule has 0 radical (unpaired) electrons. The summed E-state index contributed by atoms with van der Waals surface area (Å²) in [4.78, 5) is 13.8. The van der Waals surface area contributed by atoms with Crippen LogP contribution in [0.2, 0.25) is 0 Å². The normalized spacial score (nSPS) is 13.0. The Labute approximate surface area is 184 Å². The molecule has 0 aliphatic heterocycles. The zero-order chi connectivity index (χ0) is 22.8. The number of fused-ring (bicyclic) bond motifs is 1. The Bertz CT molecular complexity index is 1200. The van der Waals surface area contributed by atoms with Crippen molar-refractivity contribution in [3.8, 4) is 0 Å². The van der Waals surface area contributed by atoms with Crippen molar-refractivity contribution in [1.82, 2.24) is 14.2 Å². The lowest BCUT2D eigenvalue weighted by Crippen LogP contribution is -2.34. The zero-order valence-corrected chi connectivity index (χ0v) is 19.5. The molecule has 0 spiro atoms. The van der Waals surface area contributed by atoms with Crippen molar-refractivity contribution >= 4 is 32.5 Å². The van der Waals surface area contributed by atoms with Crippen molar-refractivity contribution in [2.24, 2.45) is 7.05 Å². The molecule has 1 unspecified atom stereocenters. The number of nitrogens with one attached hydrogen (secondary N) is 2. The van der Waals surface area contributed by atoms with Gasteiger partial charge in [0.05, 0.1) is 4.90 Å². The van der Waals surface area contributed by atoms with E-state index in [2.05, 4.69) is 32.9 Å². The Morgan fingerprint density at radius 2 is 1.87 bits per heavy atom. The molecular weight excluding hydrogens is 412 g/mol. The number of hydrogen-bond acceptors (Lipinski definition) is 4. The number of nitrogens with zero attached hydrogens (tertiary/aromatic N) is 2. The largest absolute Gasteiger partial charge is 0.350 e. The van der Waals surface area contributed by atoms with Crippen LogP contribution < -0.4 is 10.0 Å². The van der Waals surface area contributed by atoms with Gasteiger partial charge in [-0.05, 0) is 56.4 Å². The SMILES string of the molecule is CCC(=O)Nc1ccc(S(=O)(=O)NCC(c2cn(C)c3ccccc23)N(C)C)c(C)c1. The number of hydrogen-bond donors (Lipinski definition) is 2. The van der Waals surface area contributed by atoms with E-state index in [-0.39, 0.29) is 23.4 Å². The van der Waals surface area contributed by atoms with Gasteiger partial charge in [-0.25, -0.2) is 13.1 Å². The molecule has 0 saturated carbocycles. The monoisotopic (exact) mass is 442 g/mol. The van der Waals surface area contributed by atoms with Crippen molar-refractivity contribution in [2.45, 2.75) is 31.2 Å². The highest BCUT2D eigenvalue weighted by Crippen LogP contribution is 2.29. The van der Waals surface area contributed by atoms with Crippen LogP contribution in [0.5, 0.6) is 0 Å². The minimum Gasteiger partial charge on any atom is -0.350 e. The van der Waals surface area contributed by atoms with Crippen LogP contribution in [0.15, 0.2) is 53.6 Å². The Balaban J connectivity index is 1.84. The van der Waals surface area contributed by atoms with Crippen molar-refractivity contribution in [2.75, 3.05) is 26.0 Å². The van der Waals surface area contributed by atoms with Gasteiger partial charge < -0.3 is 14.8 Å². The number of carbonyl (C=O) groups excluding carboxylic acids is 1. The lowest BCUT2D eigenvalue weighted by Gasteiger charge is -2.24. The van der Waals surface area contributed by atoms with E-state index in [0.29, 0.717) is 17.7 Å². The van der Waals surface area contributed by atoms with Crippen molar-refractivity contribution in [3.05, 3.63) is 59.8 Å². The van der Waals surface area contributed by atoms with Gasteiger partial charge in [0.2, 0.25) is 15.9 Å². The fourth-order valence-electron chi connectivity index (χ4n) is 3.75. The maximum atomic E-state index is 13.0. The summed E-state index contributed by atoms with van der Waals surface area (Å²) >= 11 is 0. The highest BCUT2D eigenvalue weighted by atomic mass is 32.2. The Morgan fingerprint density at radius 3 is 2.52 bits per heavy atom. The van der Waals surface area contributed by atoms with Crippen molar-refractivity contribution < 1.29 is 13.2 Å². The second-order valence-electron chi connectivity index (χ2n) is 7.93. The molecular formula is C23H30N4O3S. The molecule has 7 nitrogen and oxygen atoms in total. The molecule has 3 rings (SSSR count). The second kappa shape index (κ2) is 9.21. The van der Waals surface area contributed by atoms with Crippen LogP contribution in [0.3, 0.4) is 0 Å². The van der Waals surface area contributed by atoms with Gasteiger partial charge in [-0.15, -0.1) is 0 Å². The van der Waals surface area contributed by atoms with Crippen molar-refractivity contribution in [1.29, 1.82) is 0 Å². The summed E-state index contributed by atoms with van der Waals surface area (Å²) in [6, 6.07) is 12.8.